The number of nitrogens with zero attached hydrogens (tertiary/aromatic N) is 1. The average molecular weight is 225 g/mol. The molecule has 0 aromatic heterocycles. The normalized spacial score (nSPS) is 35.4. The molecular weight excluding hydrogens is 198 g/mol. The summed E-state index contributed by atoms with van der Waals surface area (Å²) in [6.07, 6.45) is 7.69. The van der Waals surface area contributed by atoms with Gasteiger partial charge in [-0.25, -0.2) is 0 Å². The minimum absolute atomic E-state index is 0.0710. The molecule has 0 aromatic carbocycles. The van der Waals surface area contributed by atoms with Crippen LogP contribution in [0.4, 0.5) is 0 Å². The van der Waals surface area contributed by atoms with E-state index in [1.807, 2.05) is 0 Å². The first-order chi connectivity index (χ1) is 7.66. The molecule has 2 aliphatic rings. The Morgan fingerprint density at radius 3 is 2.50 bits per heavy atom. The van der Waals surface area contributed by atoms with Gasteiger partial charge in [-0.3, -0.25) is 4.90 Å². The summed E-state index contributed by atoms with van der Waals surface area (Å²) in [6.45, 7) is 6.77. The van der Waals surface area contributed by atoms with Gasteiger partial charge in [0.25, 0.3) is 0 Å². The van der Waals surface area contributed by atoms with Gasteiger partial charge in [-0.15, -0.1) is 0 Å². The quantitative estimate of drug-likeness (QED) is 0.798. The monoisotopic (exact) mass is 225 g/mol. The number of aliphatic hydroxyl groups is 1. The van der Waals surface area contributed by atoms with Crippen LogP contribution in [0.5, 0.6) is 0 Å². The Balaban J connectivity index is 1.79. The molecule has 1 aliphatic carbocycles. The van der Waals surface area contributed by atoms with Crippen LogP contribution in [0, 0.1) is 11.8 Å². The van der Waals surface area contributed by atoms with Gasteiger partial charge < -0.3 is 5.11 Å². The Morgan fingerprint density at radius 2 is 1.88 bits per heavy atom. The highest BCUT2D eigenvalue weighted by Gasteiger charge is 2.29. The zero-order valence-corrected chi connectivity index (χ0v) is 10.9. The summed E-state index contributed by atoms with van der Waals surface area (Å²) >= 11 is 0. The third-order valence-electron chi connectivity index (χ3n) is 4.64. The van der Waals surface area contributed by atoms with Crippen molar-refractivity contribution >= 4 is 0 Å². The van der Waals surface area contributed by atoms with Crippen LogP contribution in [0.3, 0.4) is 0 Å². The molecule has 0 aromatic rings. The van der Waals surface area contributed by atoms with Crippen molar-refractivity contribution < 1.29 is 5.11 Å². The molecule has 0 bridgehead atoms. The van der Waals surface area contributed by atoms with Crippen molar-refractivity contribution in [1.82, 2.24) is 4.90 Å². The molecule has 2 rings (SSSR count). The number of rotatable bonds is 3. The number of aliphatic hydroxyl groups excluding tert-OH is 1. The predicted molar refractivity (Wildman–Crippen MR) is 67.4 cm³/mol. The van der Waals surface area contributed by atoms with E-state index in [9.17, 15) is 5.11 Å². The summed E-state index contributed by atoms with van der Waals surface area (Å²) in [5, 5.41) is 10.2. The third kappa shape index (κ3) is 2.98. The third-order valence-corrected chi connectivity index (χ3v) is 4.64. The van der Waals surface area contributed by atoms with Gasteiger partial charge in [0.05, 0.1) is 6.10 Å². The summed E-state index contributed by atoms with van der Waals surface area (Å²) in [5.74, 6) is 1.46. The van der Waals surface area contributed by atoms with Crippen LogP contribution < -0.4 is 0 Å². The zero-order valence-electron chi connectivity index (χ0n) is 10.9. The lowest BCUT2D eigenvalue weighted by Gasteiger charge is -2.38. The SMILES string of the molecule is CC1CCN(CC(O)C2CCCC2)C(C)C1. The van der Waals surface area contributed by atoms with E-state index >= 15 is 0 Å². The molecule has 1 saturated carbocycles. The summed E-state index contributed by atoms with van der Waals surface area (Å²) in [4.78, 5) is 2.50. The van der Waals surface area contributed by atoms with E-state index in [0.717, 1.165) is 12.5 Å². The molecule has 2 fully saturated rings. The van der Waals surface area contributed by atoms with Crippen molar-refractivity contribution in [1.29, 1.82) is 0 Å². The van der Waals surface area contributed by atoms with E-state index in [1.54, 1.807) is 0 Å². The van der Waals surface area contributed by atoms with Crippen LogP contribution >= 0.6 is 0 Å². The minimum Gasteiger partial charge on any atom is -0.392 e. The van der Waals surface area contributed by atoms with Gasteiger partial charge in [-0.05, 0) is 51.0 Å². The Morgan fingerprint density at radius 1 is 1.19 bits per heavy atom. The lowest BCUT2D eigenvalue weighted by atomic mass is 9.92. The second-order valence-corrected chi connectivity index (χ2v) is 6.09. The van der Waals surface area contributed by atoms with E-state index in [-0.39, 0.29) is 6.10 Å². The molecule has 2 nitrogen and oxygen atoms in total. The van der Waals surface area contributed by atoms with Crippen LogP contribution in [0.15, 0.2) is 0 Å². The first-order valence-electron chi connectivity index (χ1n) is 7.09. The maximum absolute atomic E-state index is 10.2. The topological polar surface area (TPSA) is 23.5 Å². The van der Waals surface area contributed by atoms with Crippen molar-refractivity contribution in [2.45, 2.75) is 64.5 Å². The molecule has 1 aliphatic heterocycles. The largest absolute Gasteiger partial charge is 0.392 e. The number of piperidine rings is 1. The maximum atomic E-state index is 10.2. The van der Waals surface area contributed by atoms with Crippen molar-refractivity contribution in [2.24, 2.45) is 11.8 Å². The van der Waals surface area contributed by atoms with Gasteiger partial charge in [0.1, 0.15) is 0 Å². The second-order valence-electron chi connectivity index (χ2n) is 6.09. The van der Waals surface area contributed by atoms with E-state index in [0.29, 0.717) is 12.0 Å². The molecule has 1 saturated heterocycles. The molecular formula is C14H27NO. The highest BCUT2D eigenvalue weighted by molar-refractivity contribution is 4.82. The second kappa shape index (κ2) is 5.50. The standard InChI is InChI=1S/C14H27NO/c1-11-7-8-15(12(2)9-11)10-14(16)13-5-3-4-6-13/h11-14,16H,3-10H2,1-2H3. The van der Waals surface area contributed by atoms with Crippen LogP contribution in [0.25, 0.3) is 0 Å². The lowest BCUT2D eigenvalue weighted by Crippen LogP contribution is -2.45. The van der Waals surface area contributed by atoms with Crippen molar-refractivity contribution in [3.8, 4) is 0 Å². The molecule has 1 N–H and O–H groups in total. The van der Waals surface area contributed by atoms with Crippen LogP contribution in [0.2, 0.25) is 0 Å². The molecule has 1 heterocycles. The van der Waals surface area contributed by atoms with Gasteiger partial charge in [0, 0.05) is 12.6 Å². The minimum atomic E-state index is -0.0710. The number of likely N-dealkylation sites (tertiary alicyclic amines) is 1. The maximum Gasteiger partial charge on any atom is 0.0695 e. The summed E-state index contributed by atoms with van der Waals surface area (Å²) < 4.78 is 0. The first-order valence-corrected chi connectivity index (χ1v) is 7.09. The average Bonchev–Trinajstić information content (AvgIpc) is 2.75. The van der Waals surface area contributed by atoms with Gasteiger partial charge in [0.15, 0.2) is 0 Å². The lowest BCUT2D eigenvalue weighted by molar-refractivity contribution is 0.0312. The van der Waals surface area contributed by atoms with Crippen molar-refractivity contribution in [3.05, 3.63) is 0 Å². The number of β-amino-alcohol motifs (C(OH)–C–C–N with tert-alkyl or cyclic N) is 1. The molecule has 3 unspecified atom stereocenters. The number of hydrogen-bond donors (Lipinski definition) is 1. The van der Waals surface area contributed by atoms with E-state index in [4.69, 9.17) is 0 Å². The zero-order chi connectivity index (χ0) is 11.5. The fourth-order valence-corrected chi connectivity index (χ4v) is 3.46. The number of hydrogen-bond acceptors (Lipinski definition) is 2. The molecule has 94 valence electrons. The molecule has 16 heavy (non-hydrogen) atoms. The van der Waals surface area contributed by atoms with E-state index in [1.165, 1.54) is 45.1 Å². The van der Waals surface area contributed by atoms with Gasteiger partial charge in [0.2, 0.25) is 0 Å². The predicted octanol–water partition coefficient (Wildman–Crippen LogP) is 2.66. The van der Waals surface area contributed by atoms with Crippen LogP contribution in [-0.2, 0) is 0 Å². The van der Waals surface area contributed by atoms with Crippen LogP contribution in [-0.4, -0.2) is 35.2 Å². The summed E-state index contributed by atoms with van der Waals surface area (Å²) in [6, 6.07) is 0.666. The Bertz CT molecular complexity index is 213. The van der Waals surface area contributed by atoms with Crippen molar-refractivity contribution in [3.63, 3.8) is 0 Å². The fourth-order valence-electron chi connectivity index (χ4n) is 3.46. The molecule has 0 spiro atoms. The Labute approximate surface area is 100 Å². The Hall–Kier alpha value is -0.0800. The summed E-state index contributed by atoms with van der Waals surface area (Å²) in [7, 11) is 0. The molecule has 2 heteroatoms. The first kappa shape index (κ1) is 12.4. The van der Waals surface area contributed by atoms with E-state index in [2.05, 4.69) is 18.7 Å². The highest BCUT2D eigenvalue weighted by atomic mass is 16.3. The van der Waals surface area contributed by atoms with Gasteiger partial charge in [-0.1, -0.05) is 19.8 Å². The van der Waals surface area contributed by atoms with Gasteiger partial charge >= 0.3 is 0 Å². The van der Waals surface area contributed by atoms with Crippen LogP contribution in [0.1, 0.15) is 52.4 Å². The smallest absolute Gasteiger partial charge is 0.0695 e. The van der Waals surface area contributed by atoms with Crippen molar-refractivity contribution in [2.75, 3.05) is 13.1 Å². The molecule has 0 amide bonds. The highest BCUT2D eigenvalue weighted by Crippen LogP contribution is 2.29. The molecule has 3 atom stereocenters. The Kier molecular flexibility index (Phi) is 4.26. The molecule has 0 radical (unpaired) electrons. The fraction of sp³-hybridized carbons (Fsp3) is 1.00. The summed E-state index contributed by atoms with van der Waals surface area (Å²) in [5.41, 5.74) is 0. The van der Waals surface area contributed by atoms with E-state index < -0.39 is 0 Å². The van der Waals surface area contributed by atoms with Gasteiger partial charge in [-0.2, -0.15) is 0 Å².